The Morgan fingerprint density at radius 3 is 2.60 bits per heavy atom. The number of hydrogen-bond donors (Lipinski definition) is 1. The van der Waals surface area contributed by atoms with Crippen LogP contribution >= 0.6 is 23.4 Å². The van der Waals surface area contributed by atoms with Crippen LogP contribution in [0.2, 0.25) is 5.02 Å². The zero-order valence-corrected chi connectivity index (χ0v) is 12.9. The lowest BCUT2D eigenvalue weighted by molar-refractivity contribution is -0.143. The van der Waals surface area contributed by atoms with Gasteiger partial charge < -0.3 is 10.1 Å². The maximum absolute atomic E-state index is 11.5. The van der Waals surface area contributed by atoms with E-state index in [9.17, 15) is 9.59 Å². The second kappa shape index (κ2) is 9.66. The monoisotopic (exact) mass is 315 g/mol. The fraction of sp³-hybridized carbons (Fsp3) is 0.429. The van der Waals surface area contributed by atoms with Crippen molar-refractivity contribution in [1.82, 2.24) is 5.32 Å². The molecule has 20 heavy (non-hydrogen) atoms. The summed E-state index contributed by atoms with van der Waals surface area (Å²) < 4.78 is 4.77. The fourth-order valence-corrected chi connectivity index (χ4v) is 2.40. The van der Waals surface area contributed by atoms with Gasteiger partial charge in [0.2, 0.25) is 5.91 Å². The van der Waals surface area contributed by atoms with Crippen molar-refractivity contribution in [3.63, 3.8) is 0 Å². The van der Waals surface area contributed by atoms with Crippen LogP contribution in [0.1, 0.15) is 19.8 Å². The van der Waals surface area contributed by atoms with Crippen LogP contribution in [-0.4, -0.2) is 30.8 Å². The molecule has 6 heteroatoms. The Hall–Kier alpha value is -1.20. The molecule has 0 fully saturated rings. The smallest absolute Gasteiger partial charge is 0.307 e. The second-order valence-corrected chi connectivity index (χ2v) is 5.56. The first-order valence-electron chi connectivity index (χ1n) is 6.42. The van der Waals surface area contributed by atoms with Crippen LogP contribution in [0.3, 0.4) is 0 Å². The summed E-state index contributed by atoms with van der Waals surface area (Å²) in [6.07, 6.45) is 0.625. The van der Waals surface area contributed by atoms with Gasteiger partial charge >= 0.3 is 5.97 Å². The third-order valence-electron chi connectivity index (χ3n) is 2.37. The van der Waals surface area contributed by atoms with E-state index in [-0.39, 0.29) is 18.3 Å². The average molecular weight is 316 g/mol. The number of halogens is 1. The van der Waals surface area contributed by atoms with E-state index in [2.05, 4.69) is 5.32 Å². The summed E-state index contributed by atoms with van der Waals surface area (Å²) in [7, 11) is 0. The van der Waals surface area contributed by atoms with Gasteiger partial charge in [-0.05, 0) is 31.2 Å². The summed E-state index contributed by atoms with van der Waals surface area (Å²) in [6.45, 7) is 2.44. The van der Waals surface area contributed by atoms with Gasteiger partial charge in [-0.2, -0.15) is 0 Å². The molecule has 0 atom stereocenters. The molecule has 1 rings (SSSR count). The molecule has 0 radical (unpaired) electrons. The normalized spacial score (nSPS) is 10.1. The van der Waals surface area contributed by atoms with E-state index in [0.29, 0.717) is 30.3 Å². The van der Waals surface area contributed by atoms with Gasteiger partial charge in [0.15, 0.2) is 0 Å². The number of carbonyl (C=O) groups is 2. The highest BCUT2D eigenvalue weighted by molar-refractivity contribution is 7.99. The SMILES string of the molecule is CCOC(=O)CCNC(=O)CCSc1ccc(Cl)cc1. The van der Waals surface area contributed by atoms with Crippen molar-refractivity contribution in [2.75, 3.05) is 18.9 Å². The molecular weight excluding hydrogens is 298 g/mol. The fourth-order valence-electron chi connectivity index (χ4n) is 1.42. The zero-order chi connectivity index (χ0) is 14.8. The Morgan fingerprint density at radius 2 is 1.95 bits per heavy atom. The first kappa shape index (κ1) is 16.9. The standard InChI is InChI=1S/C14H18ClNO3S/c1-2-19-14(18)7-9-16-13(17)8-10-20-12-5-3-11(15)4-6-12/h3-6H,2,7-10H2,1H3,(H,16,17). The molecule has 0 saturated carbocycles. The predicted molar refractivity (Wildman–Crippen MR) is 81.1 cm³/mol. The van der Waals surface area contributed by atoms with Gasteiger partial charge in [-0.25, -0.2) is 0 Å². The quantitative estimate of drug-likeness (QED) is 0.592. The number of esters is 1. The molecule has 0 saturated heterocycles. The van der Waals surface area contributed by atoms with Crippen molar-refractivity contribution >= 4 is 35.2 Å². The van der Waals surface area contributed by atoms with E-state index in [1.165, 1.54) is 0 Å². The molecule has 0 aromatic heterocycles. The predicted octanol–water partition coefficient (Wildman–Crippen LogP) is 2.89. The number of rotatable bonds is 8. The third kappa shape index (κ3) is 7.40. The summed E-state index contributed by atoms with van der Waals surface area (Å²) in [5.74, 6) is 0.339. The Morgan fingerprint density at radius 1 is 1.25 bits per heavy atom. The molecule has 0 bridgehead atoms. The van der Waals surface area contributed by atoms with Gasteiger partial charge in [-0.1, -0.05) is 11.6 Å². The van der Waals surface area contributed by atoms with Crippen LogP contribution in [0.5, 0.6) is 0 Å². The van der Waals surface area contributed by atoms with Crippen LogP contribution in [0.15, 0.2) is 29.2 Å². The van der Waals surface area contributed by atoms with Gasteiger partial charge in [-0.15, -0.1) is 11.8 Å². The van der Waals surface area contributed by atoms with E-state index in [1.807, 2.05) is 24.3 Å². The van der Waals surface area contributed by atoms with Crippen molar-refractivity contribution in [3.05, 3.63) is 29.3 Å². The molecule has 0 heterocycles. The minimum absolute atomic E-state index is 0.0595. The Labute approximate surface area is 128 Å². The lowest BCUT2D eigenvalue weighted by Crippen LogP contribution is -2.26. The minimum atomic E-state index is -0.289. The zero-order valence-electron chi connectivity index (χ0n) is 11.4. The molecule has 0 aliphatic rings. The van der Waals surface area contributed by atoms with Crippen LogP contribution in [0, 0.1) is 0 Å². The van der Waals surface area contributed by atoms with Gasteiger partial charge in [0.1, 0.15) is 0 Å². The molecule has 0 aliphatic carbocycles. The van der Waals surface area contributed by atoms with E-state index < -0.39 is 0 Å². The van der Waals surface area contributed by atoms with Gasteiger partial charge in [0.05, 0.1) is 13.0 Å². The average Bonchev–Trinajstić information content (AvgIpc) is 2.41. The van der Waals surface area contributed by atoms with Gasteiger partial charge in [0.25, 0.3) is 0 Å². The maximum atomic E-state index is 11.5. The van der Waals surface area contributed by atoms with E-state index >= 15 is 0 Å². The van der Waals surface area contributed by atoms with Crippen LogP contribution < -0.4 is 5.32 Å². The van der Waals surface area contributed by atoms with Crippen LogP contribution in [0.4, 0.5) is 0 Å². The largest absolute Gasteiger partial charge is 0.466 e. The molecule has 0 spiro atoms. The third-order valence-corrected chi connectivity index (χ3v) is 3.63. The lowest BCUT2D eigenvalue weighted by atomic mass is 10.4. The van der Waals surface area contributed by atoms with E-state index in [0.717, 1.165) is 4.90 Å². The second-order valence-electron chi connectivity index (χ2n) is 3.96. The summed E-state index contributed by atoms with van der Waals surface area (Å²) in [4.78, 5) is 23.7. The summed E-state index contributed by atoms with van der Waals surface area (Å²) in [6, 6.07) is 7.49. The number of ether oxygens (including phenoxy) is 1. The van der Waals surface area contributed by atoms with Crippen molar-refractivity contribution in [2.45, 2.75) is 24.7 Å². The lowest BCUT2D eigenvalue weighted by Gasteiger charge is -2.05. The summed E-state index contributed by atoms with van der Waals surface area (Å²) >= 11 is 7.38. The highest BCUT2D eigenvalue weighted by Gasteiger charge is 2.05. The number of amides is 1. The number of carbonyl (C=O) groups excluding carboxylic acids is 2. The molecule has 0 aliphatic heterocycles. The van der Waals surface area contributed by atoms with E-state index in [4.69, 9.17) is 16.3 Å². The summed E-state index contributed by atoms with van der Waals surface area (Å²) in [5, 5.41) is 3.39. The van der Waals surface area contributed by atoms with Crippen molar-refractivity contribution in [1.29, 1.82) is 0 Å². The molecule has 1 amide bonds. The van der Waals surface area contributed by atoms with Crippen molar-refractivity contribution in [3.8, 4) is 0 Å². The molecular formula is C14H18ClNO3S. The first-order valence-corrected chi connectivity index (χ1v) is 7.79. The van der Waals surface area contributed by atoms with Crippen LogP contribution in [0.25, 0.3) is 0 Å². The molecule has 110 valence electrons. The topological polar surface area (TPSA) is 55.4 Å². The number of thioether (sulfide) groups is 1. The molecule has 4 nitrogen and oxygen atoms in total. The van der Waals surface area contributed by atoms with Gasteiger partial charge in [0, 0.05) is 28.6 Å². The van der Waals surface area contributed by atoms with Crippen molar-refractivity contribution < 1.29 is 14.3 Å². The first-order chi connectivity index (χ1) is 9.61. The molecule has 1 aromatic rings. The molecule has 1 N–H and O–H groups in total. The summed E-state index contributed by atoms with van der Waals surface area (Å²) in [5.41, 5.74) is 0. The minimum Gasteiger partial charge on any atom is -0.466 e. The highest BCUT2D eigenvalue weighted by atomic mass is 35.5. The highest BCUT2D eigenvalue weighted by Crippen LogP contribution is 2.20. The van der Waals surface area contributed by atoms with E-state index in [1.54, 1.807) is 18.7 Å². The van der Waals surface area contributed by atoms with Gasteiger partial charge in [-0.3, -0.25) is 9.59 Å². The Bertz CT molecular complexity index is 437. The number of benzene rings is 1. The van der Waals surface area contributed by atoms with Crippen molar-refractivity contribution in [2.24, 2.45) is 0 Å². The maximum Gasteiger partial charge on any atom is 0.307 e. The van der Waals surface area contributed by atoms with Crippen LogP contribution in [-0.2, 0) is 14.3 Å². The molecule has 0 unspecified atom stereocenters. The molecule has 1 aromatic carbocycles. The Balaban J connectivity index is 2.11. The number of hydrogen-bond acceptors (Lipinski definition) is 4. The Kier molecular flexibility index (Phi) is 8.14. The number of nitrogens with one attached hydrogen (secondary N) is 1.